The van der Waals surface area contributed by atoms with Crippen LogP contribution < -0.4 is 10.5 Å². The van der Waals surface area contributed by atoms with Crippen LogP contribution in [0.2, 0.25) is 0 Å². The predicted molar refractivity (Wildman–Crippen MR) is 121 cm³/mol. The summed E-state index contributed by atoms with van der Waals surface area (Å²) in [5.74, 6) is 0.791. The average Bonchev–Trinajstić information content (AvgIpc) is 3.29. The number of nitrogens with one attached hydrogen (secondary N) is 2. The molecule has 0 radical (unpaired) electrons. The van der Waals surface area contributed by atoms with Crippen molar-refractivity contribution in [2.45, 2.75) is 39.8 Å². The van der Waals surface area contributed by atoms with Gasteiger partial charge < -0.3 is 9.88 Å². The third-order valence-electron chi connectivity index (χ3n) is 6.05. The molecular formula is C23H24N3OS2+. The van der Waals surface area contributed by atoms with Crippen molar-refractivity contribution >= 4 is 32.9 Å². The molecule has 1 aliphatic heterocycles. The Balaban J connectivity index is 1.51. The molecule has 4 nitrogen and oxygen atoms in total. The highest BCUT2D eigenvalue weighted by atomic mass is 32.1. The van der Waals surface area contributed by atoms with E-state index >= 15 is 0 Å². The van der Waals surface area contributed by atoms with Crippen LogP contribution in [0.4, 0.5) is 0 Å². The van der Waals surface area contributed by atoms with E-state index in [-0.39, 0.29) is 5.56 Å². The maximum Gasteiger partial charge on any atom is 0.260 e. The zero-order valence-corrected chi connectivity index (χ0v) is 18.5. The van der Waals surface area contributed by atoms with E-state index in [4.69, 9.17) is 4.98 Å². The summed E-state index contributed by atoms with van der Waals surface area (Å²) in [7, 11) is 0. The van der Waals surface area contributed by atoms with Crippen molar-refractivity contribution < 1.29 is 4.90 Å². The largest absolute Gasteiger partial charge is 0.322 e. The van der Waals surface area contributed by atoms with Crippen molar-refractivity contribution in [1.82, 2.24) is 9.97 Å². The zero-order valence-electron chi connectivity index (χ0n) is 16.8. The van der Waals surface area contributed by atoms with Crippen LogP contribution in [-0.4, -0.2) is 16.5 Å². The minimum Gasteiger partial charge on any atom is -0.322 e. The van der Waals surface area contributed by atoms with E-state index in [9.17, 15) is 4.79 Å². The number of rotatable bonds is 3. The fourth-order valence-corrected chi connectivity index (χ4v) is 6.47. The summed E-state index contributed by atoms with van der Waals surface area (Å²) in [6, 6.07) is 11.0. The molecule has 2 atom stereocenters. The van der Waals surface area contributed by atoms with E-state index < -0.39 is 0 Å². The SMILES string of the molecule is Cc1ccc(-c2c(C)sc3nc(C[NH+]4CCc5sccc5[C@H]4C)[nH]c(=O)c23)cc1. The highest BCUT2D eigenvalue weighted by molar-refractivity contribution is 7.19. The molecule has 3 aromatic heterocycles. The fourth-order valence-electron chi connectivity index (χ4n) is 4.42. The van der Waals surface area contributed by atoms with Crippen molar-refractivity contribution in [3.63, 3.8) is 0 Å². The van der Waals surface area contributed by atoms with Crippen molar-refractivity contribution in [3.05, 3.63) is 72.8 Å². The van der Waals surface area contributed by atoms with Crippen LogP contribution >= 0.6 is 22.7 Å². The van der Waals surface area contributed by atoms with E-state index in [0.29, 0.717) is 6.04 Å². The molecule has 0 aliphatic carbocycles. The molecule has 0 saturated carbocycles. The number of hydrogen-bond donors (Lipinski definition) is 2. The predicted octanol–water partition coefficient (Wildman–Crippen LogP) is 4.03. The van der Waals surface area contributed by atoms with Crippen molar-refractivity contribution in [2.24, 2.45) is 0 Å². The summed E-state index contributed by atoms with van der Waals surface area (Å²) in [5, 5.41) is 2.92. The lowest BCUT2D eigenvalue weighted by atomic mass is 10.0. The second-order valence-electron chi connectivity index (χ2n) is 7.95. The van der Waals surface area contributed by atoms with E-state index in [1.807, 2.05) is 11.3 Å². The molecule has 1 aliphatic rings. The highest BCUT2D eigenvalue weighted by Crippen LogP contribution is 2.35. The number of hydrogen-bond acceptors (Lipinski definition) is 4. The first-order chi connectivity index (χ1) is 14.0. The number of nitrogens with zero attached hydrogens (tertiary/aromatic N) is 1. The Morgan fingerprint density at radius 3 is 2.79 bits per heavy atom. The summed E-state index contributed by atoms with van der Waals surface area (Å²) in [5.41, 5.74) is 4.75. The lowest BCUT2D eigenvalue weighted by Crippen LogP contribution is -3.11. The smallest absolute Gasteiger partial charge is 0.260 e. The van der Waals surface area contributed by atoms with Gasteiger partial charge in [0.1, 0.15) is 17.4 Å². The highest BCUT2D eigenvalue weighted by Gasteiger charge is 2.29. The van der Waals surface area contributed by atoms with Gasteiger partial charge in [-0.25, -0.2) is 4.98 Å². The van der Waals surface area contributed by atoms with Gasteiger partial charge in [0.15, 0.2) is 5.82 Å². The van der Waals surface area contributed by atoms with Gasteiger partial charge >= 0.3 is 0 Å². The van der Waals surface area contributed by atoms with Gasteiger partial charge in [-0.2, -0.15) is 0 Å². The van der Waals surface area contributed by atoms with Crippen LogP contribution in [0.3, 0.4) is 0 Å². The van der Waals surface area contributed by atoms with E-state index in [2.05, 4.69) is 61.5 Å². The molecule has 2 N–H and O–H groups in total. The van der Waals surface area contributed by atoms with Gasteiger partial charge in [-0.3, -0.25) is 4.79 Å². The number of benzene rings is 1. The molecular weight excluding hydrogens is 398 g/mol. The molecule has 0 spiro atoms. The third-order valence-corrected chi connectivity index (χ3v) is 8.05. The number of quaternary nitrogens is 1. The number of aromatic amines is 1. The van der Waals surface area contributed by atoms with Gasteiger partial charge in [0, 0.05) is 27.3 Å². The van der Waals surface area contributed by atoms with Gasteiger partial charge in [0.25, 0.3) is 5.56 Å². The standard InChI is InChI=1S/C23H23N3OS2/c1-13-4-6-16(7-5-13)20-15(3)29-23-21(20)22(27)24-19(25-23)12-26-10-8-18-17(14(26)2)9-11-28-18/h4-7,9,11,14H,8,10,12H2,1-3H3,(H,24,25,27)/p+1/t14-/m1/s1. The van der Waals surface area contributed by atoms with Gasteiger partial charge in [-0.1, -0.05) is 29.8 Å². The molecule has 0 amide bonds. The molecule has 5 rings (SSSR count). The Bertz CT molecular complexity index is 1250. The maximum atomic E-state index is 13.1. The van der Waals surface area contributed by atoms with Crippen LogP contribution in [0.1, 0.15) is 39.7 Å². The van der Waals surface area contributed by atoms with Crippen LogP contribution in [0, 0.1) is 13.8 Å². The zero-order chi connectivity index (χ0) is 20.1. The van der Waals surface area contributed by atoms with Crippen LogP contribution in [0.15, 0.2) is 40.5 Å². The van der Waals surface area contributed by atoms with E-state index in [1.165, 1.54) is 20.9 Å². The molecule has 4 aromatic rings. The summed E-state index contributed by atoms with van der Waals surface area (Å²) in [4.78, 5) is 26.0. The molecule has 148 valence electrons. The van der Waals surface area contributed by atoms with E-state index in [0.717, 1.165) is 51.6 Å². The molecule has 4 heterocycles. The lowest BCUT2D eigenvalue weighted by molar-refractivity contribution is -0.945. The Morgan fingerprint density at radius 1 is 1.21 bits per heavy atom. The van der Waals surface area contributed by atoms with Gasteiger partial charge in [0.2, 0.25) is 0 Å². The third kappa shape index (κ3) is 3.25. The first-order valence-electron chi connectivity index (χ1n) is 10.0. The monoisotopic (exact) mass is 422 g/mol. The maximum absolute atomic E-state index is 13.1. The lowest BCUT2D eigenvalue weighted by Gasteiger charge is -2.30. The van der Waals surface area contributed by atoms with Crippen molar-refractivity contribution in [2.75, 3.05) is 6.54 Å². The number of fused-ring (bicyclic) bond motifs is 2. The molecule has 0 fully saturated rings. The minimum atomic E-state index is -0.0230. The second-order valence-corrected chi connectivity index (χ2v) is 10.2. The first kappa shape index (κ1) is 18.7. The Hall–Kier alpha value is -2.28. The second kappa shape index (κ2) is 7.20. The summed E-state index contributed by atoms with van der Waals surface area (Å²) in [6.45, 7) is 8.26. The molecule has 6 heteroatoms. The molecule has 1 aromatic carbocycles. The number of aryl methyl sites for hydroxylation is 2. The van der Waals surface area contributed by atoms with Gasteiger partial charge in [0.05, 0.1) is 11.9 Å². The summed E-state index contributed by atoms with van der Waals surface area (Å²) in [6.07, 6.45) is 1.11. The van der Waals surface area contributed by atoms with Crippen LogP contribution in [0.25, 0.3) is 21.3 Å². The molecule has 29 heavy (non-hydrogen) atoms. The molecule has 0 bridgehead atoms. The topological polar surface area (TPSA) is 50.2 Å². The van der Waals surface area contributed by atoms with Crippen molar-refractivity contribution in [3.8, 4) is 11.1 Å². The Labute approximate surface area is 177 Å². The van der Waals surface area contributed by atoms with Gasteiger partial charge in [-0.15, -0.1) is 22.7 Å². The summed E-state index contributed by atoms with van der Waals surface area (Å²) < 4.78 is 0. The van der Waals surface area contributed by atoms with Gasteiger partial charge in [-0.05, 0) is 37.8 Å². The van der Waals surface area contributed by atoms with Crippen LogP contribution in [0.5, 0.6) is 0 Å². The first-order valence-corrected chi connectivity index (χ1v) is 11.7. The Kier molecular flexibility index (Phi) is 4.65. The molecule has 1 unspecified atom stereocenters. The number of thiophene rings is 2. The molecule has 0 saturated heterocycles. The minimum absolute atomic E-state index is 0.0230. The summed E-state index contributed by atoms with van der Waals surface area (Å²) >= 11 is 3.48. The number of aromatic nitrogens is 2. The normalized spacial score (nSPS) is 18.9. The fraction of sp³-hybridized carbons (Fsp3) is 0.304. The van der Waals surface area contributed by atoms with Crippen LogP contribution in [-0.2, 0) is 13.0 Å². The van der Waals surface area contributed by atoms with Crippen molar-refractivity contribution in [1.29, 1.82) is 0 Å². The van der Waals surface area contributed by atoms with E-state index in [1.54, 1.807) is 11.3 Å². The number of H-pyrrole nitrogens is 1. The quantitative estimate of drug-likeness (QED) is 0.524. The Morgan fingerprint density at radius 2 is 2.00 bits per heavy atom. The average molecular weight is 423 g/mol.